The van der Waals surface area contributed by atoms with E-state index in [1.165, 1.54) is 12.1 Å². The number of benzene rings is 1. The van der Waals surface area contributed by atoms with Gasteiger partial charge in [-0.3, -0.25) is 0 Å². The van der Waals surface area contributed by atoms with Crippen LogP contribution in [0.15, 0.2) is 30.4 Å². The lowest BCUT2D eigenvalue weighted by Gasteiger charge is -2.11. The Labute approximate surface area is 94.4 Å². The van der Waals surface area contributed by atoms with Crippen LogP contribution in [-0.4, -0.2) is 0 Å². The van der Waals surface area contributed by atoms with Gasteiger partial charge in [0.05, 0.1) is 0 Å². The van der Waals surface area contributed by atoms with Gasteiger partial charge in [0, 0.05) is 12.1 Å². The van der Waals surface area contributed by atoms with E-state index >= 15 is 0 Å². The Bertz CT molecular complexity index is 332. The Balaban J connectivity index is 0.00000196. The van der Waals surface area contributed by atoms with Crippen LogP contribution in [0.5, 0.6) is 0 Å². The molecular formula is C11H14ClF2N. The van der Waals surface area contributed by atoms with Gasteiger partial charge in [-0.2, -0.15) is 0 Å². The molecule has 0 aliphatic rings. The number of hydrogen-bond acceptors (Lipinski definition) is 1. The SMILES string of the molecule is C=C(C)C[C@@H](N)c1cc(F)cc(F)c1.Cl. The predicted molar refractivity (Wildman–Crippen MR) is 60.0 cm³/mol. The Kier molecular flexibility index (Phi) is 5.47. The van der Waals surface area contributed by atoms with Crippen molar-refractivity contribution in [3.63, 3.8) is 0 Å². The highest BCUT2D eigenvalue weighted by molar-refractivity contribution is 5.85. The van der Waals surface area contributed by atoms with E-state index in [9.17, 15) is 8.78 Å². The summed E-state index contributed by atoms with van der Waals surface area (Å²) in [6, 6.07) is 2.93. The maximum absolute atomic E-state index is 12.8. The second-order valence-electron chi connectivity index (χ2n) is 3.47. The van der Waals surface area contributed by atoms with E-state index in [0.29, 0.717) is 12.0 Å². The summed E-state index contributed by atoms with van der Waals surface area (Å²) in [5, 5.41) is 0. The van der Waals surface area contributed by atoms with E-state index in [-0.39, 0.29) is 12.4 Å². The molecule has 0 aliphatic heterocycles. The zero-order chi connectivity index (χ0) is 10.7. The molecule has 15 heavy (non-hydrogen) atoms. The first-order valence-corrected chi connectivity index (χ1v) is 4.35. The van der Waals surface area contributed by atoms with E-state index in [1.807, 2.05) is 6.92 Å². The van der Waals surface area contributed by atoms with Crippen molar-refractivity contribution in [3.8, 4) is 0 Å². The van der Waals surface area contributed by atoms with Gasteiger partial charge >= 0.3 is 0 Å². The molecule has 0 radical (unpaired) electrons. The van der Waals surface area contributed by atoms with Crippen LogP contribution < -0.4 is 5.73 Å². The molecule has 1 rings (SSSR count). The van der Waals surface area contributed by atoms with Crippen LogP contribution in [0.4, 0.5) is 8.78 Å². The molecule has 1 nitrogen and oxygen atoms in total. The van der Waals surface area contributed by atoms with Crippen molar-refractivity contribution in [1.29, 1.82) is 0 Å². The van der Waals surface area contributed by atoms with Crippen molar-refractivity contribution < 1.29 is 8.78 Å². The maximum atomic E-state index is 12.8. The summed E-state index contributed by atoms with van der Waals surface area (Å²) < 4.78 is 25.6. The highest BCUT2D eigenvalue weighted by atomic mass is 35.5. The summed E-state index contributed by atoms with van der Waals surface area (Å²) in [5.74, 6) is -1.20. The number of rotatable bonds is 3. The Morgan fingerprint density at radius 2 is 1.80 bits per heavy atom. The van der Waals surface area contributed by atoms with Crippen LogP contribution in [0, 0.1) is 11.6 Å². The summed E-state index contributed by atoms with van der Waals surface area (Å²) in [4.78, 5) is 0. The summed E-state index contributed by atoms with van der Waals surface area (Å²) >= 11 is 0. The molecule has 0 aromatic heterocycles. The zero-order valence-corrected chi connectivity index (χ0v) is 9.28. The van der Waals surface area contributed by atoms with Crippen LogP contribution >= 0.6 is 12.4 Å². The first-order chi connectivity index (χ1) is 6.49. The molecule has 0 fully saturated rings. The molecule has 0 saturated heterocycles. The lowest BCUT2D eigenvalue weighted by atomic mass is 10.0. The van der Waals surface area contributed by atoms with E-state index in [2.05, 4.69) is 6.58 Å². The molecule has 0 spiro atoms. The van der Waals surface area contributed by atoms with E-state index in [1.54, 1.807) is 0 Å². The van der Waals surface area contributed by atoms with Crippen molar-refractivity contribution >= 4 is 12.4 Å². The van der Waals surface area contributed by atoms with Crippen LogP contribution in [0.25, 0.3) is 0 Å². The van der Waals surface area contributed by atoms with Crippen molar-refractivity contribution in [2.75, 3.05) is 0 Å². The van der Waals surface area contributed by atoms with Crippen molar-refractivity contribution in [1.82, 2.24) is 0 Å². The standard InChI is InChI=1S/C11H13F2N.ClH/c1-7(2)3-11(14)8-4-9(12)6-10(13)5-8;/h4-6,11H,1,3,14H2,2H3;1H/t11-;/m1./s1. The topological polar surface area (TPSA) is 26.0 Å². The fourth-order valence-corrected chi connectivity index (χ4v) is 1.28. The summed E-state index contributed by atoms with van der Waals surface area (Å²) in [5.41, 5.74) is 7.09. The second-order valence-corrected chi connectivity index (χ2v) is 3.47. The average molecular weight is 234 g/mol. The summed E-state index contributed by atoms with van der Waals surface area (Å²) in [7, 11) is 0. The molecule has 2 N–H and O–H groups in total. The fourth-order valence-electron chi connectivity index (χ4n) is 1.28. The molecule has 0 amide bonds. The molecule has 84 valence electrons. The summed E-state index contributed by atoms with van der Waals surface area (Å²) in [6.45, 7) is 5.53. The van der Waals surface area contributed by atoms with Gasteiger partial charge in [0.15, 0.2) is 0 Å². The summed E-state index contributed by atoms with van der Waals surface area (Å²) in [6.07, 6.45) is 0.531. The predicted octanol–water partition coefficient (Wildman–Crippen LogP) is 3.35. The Morgan fingerprint density at radius 3 is 2.20 bits per heavy atom. The molecule has 1 aromatic rings. The van der Waals surface area contributed by atoms with Crippen LogP contribution in [0.1, 0.15) is 24.9 Å². The van der Waals surface area contributed by atoms with Gasteiger partial charge < -0.3 is 5.73 Å². The van der Waals surface area contributed by atoms with Gasteiger partial charge in [-0.1, -0.05) is 5.57 Å². The molecule has 1 atom stereocenters. The lowest BCUT2D eigenvalue weighted by molar-refractivity contribution is 0.572. The highest BCUT2D eigenvalue weighted by Gasteiger charge is 2.08. The van der Waals surface area contributed by atoms with Gasteiger partial charge in [0.2, 0.25) is 0 Å². The van der Waals surface area contributed by atoms with Gasteiger partial charge in [-0.15, -0.1) is 19.0 Å². The minimum atomic E-state index is -0.600. The average Bonchev–Trinajstić information content (AvgIpc) is 2.00. The largest absolute Gasteiger partial charge is 0.324 e. The van der Waals surface area contributed by atoms with Crippen molar-refractivity contribution in [2.45, 2.75) is 19.4 Å². The van der Waals surface area contributed by atoms with Gasteiger partial charge in [-0.05, 0) is 31.0 Å². The lowest BCUT2D eigenvalue weighted by Crippen LogP contribution is -2.11. The molecule has 0 aliphatic carbocycles. The first kappa shape index (κ1) is 14.1. The molecule has 0 saturated carbocycles. The third kappa shape index (κ3) is 4.40. The van der Waals surface area contributed by atoms with E-state index in [4.69, 9.17) is 5.73 Å². The van der Waals surface area contributed by atoms with Crippen molar-refractivity contribution in [3.05, 3.63) is 47.5 Å². The third-order valence-electron chi connectivity index (χ3n) is 1.88. The molecule has 0 unspecified atom stereocenters. The smallest absolute Gasteiger partial charge is 0.126 e. The third-order valence-corrected chi connectivity index (χ3v) is 1.88. The molecular weight excluding hydrogens is 220 g/mol. The monoisotopic (exact) mass is 233 g/mol. The maximum Gasteiger partial charge on any atom is 0.126 e. The molecule has 4 heteroatoms. The Hall–Kier alpha value is -0.930. The molecule has 0 bridgehead atoms. The molecule has 1 aromatic carbocycles. The second kappa shape index (κ2) is 5.83. The van der Waals surface area contributed by atoms with Crippen LogP contribution in [-0.2, 0) is 0 Å². The molecule has 0 heterocycles. The normalized spacial score (nSPS) is 11.7. The van der Waals surface area contributed by atoms with Crippen LogP contribution in [0.2, 0.25) is 0 Å². The van der Waals surface area contributed by atoms with Gasteiger partial charge in [-0.25, -0.2) is 8.78 Å². The fraction of sp³-hybridized carbons (Fsp3) is 0.273. The van der Waals surface area contributed by atoms with Gasteiger partial charge in [0.25, 0.3) is 0 Å². The number of nitrogens with two attached hydrogens (primary N) is 1. The minimum absolute atomic E-state index is 0. The zero-order valence-electron chi connectivity index (χ0n) is 8.47. The van der Waals surface area contributed by atoms with Gasteiger partial charge in [0.1, 0.15) is 11.6 Å². The van der Waals surface area contributed by atoms with E-state index in [0.717, 1.165) is 11.6 Å². The van der Waals surface area contributed by atoms with Crippen molar-refractivity contribution in [2.24, 2.45) is 5.73 Å². The van der Waals surface area contributed by atoms with E-state index < -0.39 is 17.7 Å². The number of halogens is 3. The quantitative estimate of drug-likeness (QED) is 0.796. The highest BCUT2D eigenvalue weighted by Crippen LogP contribution is 2.19. The Morgan fingerprint density at radius 1 is 1.33 bits per heavy atom. The minimum Gasteiger partial charge on any atom is -0.324 e. The van der Waals surface area contributed by atoms with Crippen LogP contribution in [0.3, 0.4) is 0 Å². The first-order valence-electron chi connectivity index (χ1n) is 4.35. The number of hydrogen-bond donors (Lipinski definition) is 1.